The van der Waals surface area contributed by atoms with Crippen LogP contribution < -0.4 is 10.2 Å². The molecule has 1 atom stereocenters. The molecule has 0 radical (unpaired) electrons. The third-order valence-electron chi connectivity index (χ3n) is 8.49. The van der Waals surface area contributed by atoms with Gasteiger partial charge in [-0.3, -0.25) is 19.6 Å². The molecule has 3 aliphatic rings. The smallest absolute Gasteiger partial charge is 0.261 e. The summed E-state index contributed by atoms with van der Waals surface area (Å²) in [6.07, 6.45) is 8.22. The van der Waals surface area contributed by atoms with Crippen LogP contribution in [0.25, 0.3) is 0 Å². The topological polar surface area (TPSA) is 92.1 Å². The lowest BCUT2D eigenvalue weighted by atomic mass is 9.58. The zero-order valence-electron chi connectivity index (χ0n) is 22.9. The van der Waals surface area contributed by atoms with Gasteiger partial charge in [0.1, 0.15) is 23.8 Å². The number of amides is 1. The minimum absolute atomic E-state index is 0.0249. The van der Waals surface area contributed by atoms with Gasteiger partial charge >= 0.3 is 0 Å². The minimum atomic E-state index is -0.237. The first-order valence-corrected chi connectivity index (χ1v) is 14.0. The number of pyridine rings is 2. The first kappa shape index (κ1) is 25.0. The van der Waals surface area contributed by atoms with Crippen LogP contribution in [0.3, 0.4) is 0 Å². The molecule has 0 aromatic carbocycles. The Morgan fingerprint density at radius 1 is 1.16 bits per heavy atom. The Hall–Kier alpha value is -3.33. The number of carbonyl (C=O) groups excluding carboxylic acids is 1. The summed E-state index contributed by atoms with van der Waals surface area (Å²) in [5, 5.41) is 12.1. The summed E-state index contributed by atoms with van der Waals surface area (Å²) >= 11 is 0. The molecule has 1 saturated heterocycles. The van der Waals surface area contributed by atoms with Crippen LogP contribution >= 0.6 is 0 Å². The molecule has 5 heterocycles. The molecular formula is C29H38N8O. The molecule has 200 valence electrons. The number of hydrogen-bond donors (Lipinski definition) is 1. The average molecular weight is 515 g/mol. The van der Waals surface area contributed by atoms with Gasteiger partial charge in [-0.1, -0.05) is 13.8 Å². The lowest BCUT2D eigenvalue weighted by Gasteiger charge is -2.46. The van der Waals surface area contributed by atoms with Crippen LogP contribution in [0.2, 0.25) is 0 Å². The molecule has 2 aliphatic heterocycles. The molecule has 0 bridgehead atoms. The van der Waals surface area contributed by atoms with E-state index in [1.165, 1.54) is 12.8 Å². The molecule has 0 spiro atoms. The van der Waals surface area contributed by atoms with Gasteiger partial charge in [-0.25, -0.2) is 4.98 Å². The second kappa shape index (κ2) is 9.76. The Morgan fingerprint density at radius 3 is 2.71 bits per heavy atom. The summed E-state index contributed by atoms with van der Waals surface area (Å²) in [6, 6.07) is 6.26. The average Bonchev–Trinajstić information content (AvgIpc) is 3.45. The van der Waals surface area contributed by atoms with E-state index in [4.69, 9.17) is 9.97 Å². The van der Waals surface area contributed by atoms with E-state index in [0.29, 0.717) is 23.8 Å². The van der Waals surface area contributed by atoms with Crippen molar-refractivity contribution >= 4 is 17.5 Å². The lowest BCUT2D eigenvalue weighted by molar-refractivity contribution is 0.0995. The number of aromatic nitrogens is 5. The van der Waals surface area contributed by atoms with Crippen LogP contribution in [-0.4, -0.2) is 55.2 Å². The SMILES string of the molecule is CCNc1cc([C@]2(c3nncn3C)C[C@@H](C)C2)cc(N2Cc3ncc(CN4CCC[C@H](C)C4)cc3C2=O)n1. The van der Waals surface area contributed by atoms with Crippen LogP contribution in [-0.2, 0) is 25.6 Å². The van der Waals surface area contributed by atoms with Crippen molar-refractivity contribution in [2.45, 2.75) is 65.0 Å². The van der Waals surface area contributed by atoms with E-state index in [2.05, 4.69) is 53.3 Å². The maximum Gasteiger partial charge on any atom is 0.261 e. The number of anilines is 2. The fourth-order valence-electron chi connectivity index (χ4n) is 6.77. The Morgan fingerprint density at radius 2 is 2.00 bits per heavy atom. The van der Waals surface area contributed by atoms with E-state index in [1.807, 2.05) is 23.9 Å². The van der Waals surface area contributed by atoms with Gasteiger partial charge < -0.3 is 9.88 Å². The minimum Gasteiger partial charge on any atom is -0.370 e. The van der Waals surface area contributed by atoms with Gasteiger partial charge in [-0.15, -0.1) is 10.2 Å². The van der Waals surface area contributed by atoms with Gasteiger partial charge in [0.2, 0.25) is 0 Å². The number of carbonyl (C=O) groups is 1. The van der Waals surface area contributed by atoms with Gasteiger partial charge in [0, 0.05) is 32.9 Å². The van der Waals surface area contributed by atoms with E-state index in [9.17, 15) is 4.79 Å². The van der Waals surface area contributed by atoms with Gasteiger partial charge in [0.05, 0.1) is 23.2 Å². The second-order valence-corrected chi connectivity index (χ2v) is 11.7. The standard InChI is InChI=1S/C29H38N8O/c1-5-30-25-10-22(29(12-20(3)13-29)28-34-32-18-35(28)4)11-26(33-25)37-17-24-23(27(37)38)9-21(14-31-24)16-36-8-6-7-19(2)15-36/h9-11,14,18-20H,5-8,12-13,15-17H2,1-4H3,(H,30,33)/t19-,20-,29+/m0/s1. The number of rotatable bonds is 7. The molecule has 38 heavy (non-hydrogen) atoms. The quantitative estimate of drug-likeness (QED) is 0.506. The second-order valence-electron chi connectivity index (χ2n) is 11.7. The van der Waals surface area contributed by atoms with Crippen LogP contribution in [0.5, 0.6) is 0 Å². The molecule has 3 aromatic heterocycles. The molecule has 2 fully saturated rings. The van der Waals surface area contributed by atoms with E-state index < -0.39 is 0 Å². The molecule has 3 aromatic rings. The molecular weight excluding hydrogens is 476 g/mol. The molecule has 1 aliphatic carbocycles. The number of piperidine rings is 1. The molecule has 9 nitrogen and oxygen atoms in total. The highest BCUT2D eigenvalue weighted by atomic mass is 16.2. The number of likely N-dealkylation sites (tertiary alicyclic amines) is 1. The first-order valence-electron chi connectivity index (χ1n) is 14.0. The van der Waals surface area contributed by atoms with Crippen LogP contribution in [0.15, 0.2) is 30.7 Å². The molecule has 1 amide bonds. The van der Waals surface area contributed by atoms with Crippen molar-refractivity contribution in [2.24, 2.45) is 18.9 Å². The van der Waals surface area contributed by atoms with Gasteiger partial charge in [0.15, 0.2) is 0 Å². The number of fused-ring (bicyclic) bond motifs is 1. The highest BCUT2D eigenvalue weighted by molar-refractivity contribution is 6.09. The highest BCUT2D eigenvalue weighted by Crippen LogP contribution is 2.52. The summed E-state index contributed by atoms with van der Waals surface area (Å²) in [4.78, 5) is 27.6. The Labute approximate surface area is 224 Å². The van der Waals surface area contributed by atoms with Crippen LogP contribution in [0, 0.1) is 11.8 Å². The fraction of sp³-hybridized carbons (Fsp3) is 0.552. The van der Waals surface area contributed by atoms with Crippen molar-refractivity contribution in [3.8, 4) is 0 Å². The first-order chi connectivity index (χ1) is 18.4. The highest BCUT2D eigenvalue weighted by Gasteiger charge is 2.49. The molecule has 1 saturated carbocycles. The van der Waals surface area contributed by atoms with E-state index in [1.54, 1.807) is 11.2 Å². The van der Waals surface area contributed by atoms with Crippen molar-refractivity contribution in [3.05, 3.63) is 58.9 Å². The zero-order valence-corrected chi connectivity index (χ0v) is 22.9. The van der Waals surface area contributed by atoms with Crippen LogP contribution in [0.1, 0.15) is 79.5 Å². The van der Waals surface area contributed by atoms with Crippen LogP contribution in [0.4, 0.5) is 11.6 Å². The molecule has 1 N–H and O–H groups in total. The number of hydrogen-bond acceptors (Lipinski definition) is 7. The maximum atomic E-state index is 13.7. The summed E-state index contributed by atoms with van der Waals surface area (Å²) in [7, 11) is 2.00. The summed E-state index contributed by atoms with van der Waals surface area (Å²) in [6.45, 7) is 10.9. The van der Waals surface area contributed by atoms with E-state index >= 15 is 0 Å². The predicted molar refractivity (Wildman–Crippen MR) is 147 cm³/mol. The Kier molecular flexibility index (Phi) is 6.42. The Bertz CT molecular complexity index is 1340. The summed E-state index contributed by atoms with van der Waals surface area (Å²) in [5.41, 5.74) is 3.52. The maximum absolute atomic E-state index is 13.7. The zero-order chi connectivity index (χ0) is 26.4. The third-order valence-corrected chi connectivity index (χ3v) is 8.49. The summed E-state index contributed by atoms with van der Waals surface area (Å²) in [5.74, 6) is 3.68. The Balaban J connectivity index is 1.32. The molecule has 0 unspecified atom stereocenters. The normalized spacial score (nSPS) is 25.4. The third kappa shape index (κ3) is 4.36. The van der Waals surface area contributed by atoms with Crippen molar-refractivity contribution in [1.82, 2.24) is 29.6 Å². The number of nitrogens with zero attached hydrogens (tertiary/aromatic N) is 7. The molecule has 9 heteroatoms. The van der Waals surface area contributed by atoms with Crippen molar-refractivity contribution < 1.29 is 4.79 Å². The number of aryl methyl sites for hydroxylation is 1. The van der Waals surface area contributed by atoms with E-state index in [0.717, 1.165) is 73.4 Å². The van der Waals surface area contributed by atoms with Crippen molar-refractivity contribution in [1.29, 1.82) is 0 Å². The van der Waals surface area contributed by atoms with Gasteiger partial charge in [0.25, 0.3) is 5.91 Å². The van der Waals surface area contributed by atoms with E-state index in [-0.39, 0.29) is 11.3 Å². The lowest BCUT2D eigenvalue weighted by Crippen LogP contribution is -2.43. The number of nitrogens with one attached hydrogen (secondary N) is 1. The summed E-state index contributed by atoms with van der Waals surface area (Å²) < 4.78 is 2.02. The van der Waals surface area contributed by atoms with Crippen molar-refractivity contribution in [2.75, 3.05) is 29.9 Å². The predicted octanol–water partition coefficient (Wildman–Crippen LogP) is 4.15. The fourth-order valence-corrected chi connectivity index (χ4v) is 6.77. The van der Waals surface area contributed by atoms with Crippen molar-refractivity contribution in [3.63, 3.8) is 0 Å². The van der Waals surface area contributed by atoms with Gasteiger partial charge in [-0.05, 0) is 80.3 Å². The largest absolute Gasteiger partial charge is 0.370 e. The van der Waals surface area contributed by atoms with Gasteiger partial charge in [-0.2, -0.15) is 0 Å². The molecule has 6 rings (SSSR count). The monoisotopic (exact) mass is 514 g/mol.